The standard InChI is InChI=1S/C23H22N4OS/c1-15-7-8-18-12-16(2)22-24-25-23(27(22)20(18)11-15)29-14-21(28)26-10-9-17-5-3-4-6-19(17)13-26/h3-8,11-12H,9-10,13-14H2,1-2H3. The maximum atomic E-state index is 12.9. The quantitative estimate of drug-likeness (QED) is 0.483. The molecule has 0 saturated heterocycles. The van der Waals surface area contributed by atoms with Gasteiger partial charge in [-0.25, -0.2) is 0 Å². The van der Waals surface area contributed by atoms with Gasteiger partial charge in [-0.2, -0.15) is 0 Å². The van der Waals surface area contributed by atoms with Gasteiger partial charge in [0.15, 0.2) is 10.8 Å². The second-order valence-electron chi connectivity index (χ2n) is 7.65. The van der Waals surface area contributed by atoms with Gasteiger partial charge in [0, 0.05) is 13.1 Å². The molecule has 4 aromatic rings. The molecule has 0 fully saturated rings. The molecule has 0 saturated carbocycles. The van der Waals surface area contributed by atoms with Crippen LogP contribution < -0.4 is 0 Å². The Hall–Kier alpha value is -2.86. The van der Waals surface area contributed by atoms with E-state index in [-0.39, 0.29) is 5.91 Å². The number of aryl methyl sites for hydroxylation is 2. The summed E-state index contributed by atoms with van der Waals surface area (Å²) in [5.74, 6) is 0.513. The average Bonchev–Trinajstić information content (AvgIpc) is 3.17. The van der Waals surface area contributed by atoms with Crippen LogP contribution in [-0.2, 0) is 17.8 Å². The lowest BCUT2D eigenvalue weighted by Crippen LogP contribution is -2.37. The minimum absolute atomic E-state index is 0.148. The SMILES string of the molecule is Cc1ccc2cc(C)c3nnc(SCC(=O)N4CCc5ccccc5C4)n3c2c1. The third-order valence-corrected chi connectivity index (χ3v) is 6.51. The van der Waals surface area contributed by atoms with Gasteiger partial charge in [0.2, 0.25) is 5.91 Å². The van der Waals surface area contributed by atoms with Gasteiger partial charge in [-0.15, -0.1) is 10.2 Å². The highest BCUT2D eigenvalue weighted by atomic mass is 32.2. The second kappa shape index (κ2) is 7.19. The number of nitrogens with zero attached hydrogens (tertiary/aromatic N) is 4. The van der Waals surface area contributed by atoms with E-state index >= 15 is 0 Å². The van der Waals surface area contributed by atoms with Crippen LogP contribution in [0.2, 0.25) is 0 Å². The predicted molar refractivity (Wildman–Crippen MR) is 116 cm³/mol. The summed E-state index contributed by atoms with van der Waals surface area (Å²) in [6.45, 7) is 5.60. The van der Waals surface area contributed by atoms with Crippen molar-refractivity contribution in [2.24, 2.45) is 0 Å². The van der Waals surface area contributed by atoms with Crippen molar-refractivity contribution >= 4 is 34.2 Å². The lowest BCUT2D eigenvalue weighted by Gasteiger charge is -2.28. The molecule has 146 valence electrons. The van der Waals surface area contributed by atoms with Crippen molar-refractivity contribution in [2.45, 2.75) is 32.0 Å². The zero-order valence-electron chi connectivity index (χ0n) is 16.6. The number of thioether (sulfide) groups is 1. The smallest absolute Gasteiger partial charge is 0.233 e. The highest BCUT2D eigenvalue weighted by Gasteiger charge is 2.21. The zero-order valence-corrected chi connectivity index (χ0v) is 17.4. The van der Waals surface area contributed by atoms with Crippen molar-refractivity contribution in [3.8, 4) is 0 Å². The maximum Gasteiger partial charge on any atom is 0.233 e. The minimum Gasteiger partial charge on any atom is -0.337 e. The number of fused-ring (bicyclic) bond motifs is 4. The van der Waals surface area contributed by atoms with E-state index in [4.69, 9.17) is 0 Å². The number of hydrogen-bond acceptors (Lipinski definition) is 4. The van der Waals surface area contributed by atoms with Crippen LogP contribution >= 0.6 is 11.8 Å². The normalized spacial score (nSPS) is 13.8. The molecule has 1 aliphatic rings. The second-order valence-corrected chi connectivity index (χ2v) is 8.60. The summed E-state index contributed by atoms with van der Waals surface area (Å²) in [7, 11) is 0. The van der Waals surface area contributed by atoms with Crippen LogP contribution in [0.4, 0.5) is 0 Å². The number of pyridine rings is 1. The largest absolute Gasteiger partial charge is 0.337 e. The first-order valence-corrected chi connectivity index (χ1v) is 10.8. The Morgan fingerprint density at radius 2 is 1.90 bits per heavy atom. The van der Waals surface area contributed by atoms with Gasteiger partial charge < -0.3 is 4.90 Å². The summed E-state index contributed by atoms with van der Waals surface area (Å²) in [5, 5.41) is 10.7. The van der Waals surface area contributed by atoms with E-state index in [2.05, 4.69) is 64.0 Å². The number of benzene rings is 2. The Morgan fingerprint density at radius 1 is 1.07 bits per heavy atom. The molecule has 0 N–H and O–H groups in total. The van der Waals surface area contributed by atoms with E-state index < -0.39 is 0 Å². The van der Waals surface area contributed by atoms with Crippen LogP contribution in [-0.4, -0.2) is 37.7 Å². The van der Waals surface area contributed by atoms with Crippen molar-refractivity contribution < 1.29 is 4.79 Å². The fourth-order valence-corrected chi connectivity index (χ4v) is 4.88. The number of rotatable bonds is 3. The molecule has 0 spiro atoms. The van der Waals surface area contributed by atoms with E-state index in [1.165, 1.54) is 28.5 Å². The monoisotopic (exact) mass is 402 g/mol. The van der Waals surface area contributed by atoms with Gasteiger partial charge in [0.1, 0.15) is 0 Å². The fraction of sp³-hybridized carbons (Fsp3) is 0.261. The van der Waals surface area contributed by atoms with Crippen LogP contribution in [0.15, 0.2) is 53.7 Å². The Labute approximate surface area is 173 Å². The van der Waals surface area contributed by atoms with Crippen molar-refractivity contribution in [3.05, 3.63) is 70.8 Å². The molecule has 2 aromatic carbocycles. The lowest BCUT2D eigenvalue weighted by molar-refractivity contribution is -0.129. The van der Waals surface area contributed by atoms with E-state index in [1.54, 1.807) is 0 Å². The molecule has 29 heavy (non-hydrogen) atoms. The summed E-state index contributed by atoms with van der Waals surface area (Å²) in [4.78, 5) is 14.8. The molecule has 0 unspecified atom stereocenters. The molecule has 0 aliphatic carbocycles. The third-order valence-electron chi connectivity index (χ3n) is 5.59. The summed E-state index contributed by atoms with van der Waals surface area (Å²) >= 11 is 1.47. The number of carbonyl (C=O) groups is 1. The predicted octanol–water partition coefficient (Wildman–Crippen LogP) is 4.18. The average molecular weight is 403 g/mol. The molecule has 5 rings (SSSR count). The number of aromatic nitrogens is 3. The fourth-order valence-electron chi connectivity index (χ4n) is 4.03. The van der Waals surface area contributed by atoms with Crippen molar-refractivity contribution in [3.63, 3.8) is 0 Å². The highest BCUT2D eigenvalue weighted by Crippen LogP contribution is 2.27. The number of amides is 1. The summed E-state index contributed by atoms with van der Waals surface area (Å²) < 4.78 is 2.08. The van der Waals surface area contributed by atoms with Crippen LogP contribution in [0.3, 0.4) is 0 Å². The first-order valence-electron chi connectivity index (χ1n) is 9.82. The van der Waals surface area contributed by atoms with Crippen LogP contribution in [0.25, 0.3) is 16.6 Å². The van der Waals surface area contributed by atoms with Crippen molar-refractivity contribution in [2.75, 3.05) is 12.3 Å². The molecule has 5 nitrogen and oxygen atoms in total. The topological polar surface area (TPSA) is 50.5 Å². The molecule has 6 heteroatoms. The molecule has 2 aromatic heterocycles. The molecule has 1 amide bonds. The molecular weight excluding hydrogens is 380 g/mol. The van der Waals surface area contributed by atoms with Crippen molar-refractivity contribution in [1.82, 2.24) is 19.5 Å². The summed E-state index contributed by atoms with van der Waals surface area (Å²) in [6.07, 6.45) is 0.920. The lowest BCUT2D eigenvalue weighted by atomic mass is 10.00. The van der Waals surface area contributed by atoms with Gasteiger partial charge in [0.25, 0.3) is 0 Å². The molecule has 0 bridgehead atoms. The van der Waals surface area contributed by atoms with Gasteiger partial charge in [-0.3, -0.25) is 9.20 Å². The first kappa shape index (κ1) is 18.2. The Morgan fingerprint density at radius 3 is 2.76 bits per heavy atom. The molecular formula is C23H22N4OS. The van der Waals surface area contributed by atoms with Gasteiger partial charge in [-0.05, 0) is 60.0 Å². The summed E-state index contributed by atoms with van der Waals surface area (Å²) in [6, 6.07) is 16.9. The number of hydrogen-bond donors (Lipinski definition) is 0. The van der Waals surface area contributed by atoms with Gasteiger partial charge in [-0.1, -0.05) is 48.2 Å². The van der Waals surface area contributed by atoms with Crippen LogP contribution in [0, 0.1) is 13.8 Å². The molecule has 0 atom stereocenters. The Kier molecular flexibility index (Phi) is 4.51. The minimum atomic E-state index is 0.148. The van der Waals surface area contributed by atoms with Gasteiger partial charge >= 0.3 is 0 Å². The third kappa shape index (κ3) is 3.27. The van der Waals surface area contributed by atoms with E-state index in [9.17, 15) is 4.79 Å². The first-order chi connectivity index (χ1) is 14.1. The molecule has 3 heterocycles. The zero-order chi connectivity index (χ0) is 20.0. The van der Waals surface area contributed by atoms with E-state index in [1.807, 2.05) is 17.9 Å². The van der Waals surface area contributed by atoms with E-state index in [0.29, 0.717) is 12.3 Å². The van der Waals surface area contributed by atoms with Gasteiger partial charge in [0.05, 0.1) is 11.3 Å². The van der Waals surface area contributed by atoms with Crippen molar-refractivity contribution in [1.29, 1.82) is 0 Å². The maximum absolute atomic E-state index is 12.9. The Bertz CT molecular complexity index is 1250. The number of carbonyl (C=O) groups excluding carboxylic acids is 1. The Balaban J connectivity index is 1.41. The summed E-state index contributed by atoms with van der Waals surface area (Å²) in [5.41, 5.74) is 6.81. The van der Waals surface area contributed by atoms with Crippen LogP contribution in [0.1, 0.15) is 22.3 Å². The molecule has 1 aliphatic heterocycles. The van der Waals surface area contributed by atoms with E-state index in [0.717, 1.165) is 40.2 Å². The molecule has 0 radical (unpaired) electrons. The highest BCUT2D eigenvalue weighted by molar-refractivity contribution is 7.99. The van der Waals surface area contributed by atoms with Crippen LogP contribution in [0.5, 0.6) is 0 Å².